The Balaban J connectivity index is 1.99. The van der Waals surface area contributed by atoms with Crippen LogP contribution in [-0.2, 0) is 6.42 Å². The lowest BCUT2D eigenvalue weighted by atomic mass is 9.74. The molecule has 0 atom stereocenters. The molecule has 1 saturated carbocycles. The van der Waals surface area contributed by atoms with E-state index in [0.29, 0.717) is 19.3 Å². The van der Waals surface area contributed by atoms with Crippen molar-refractivity contribution in [1.29, 1.82) is 0 Å². The maximum atomic E-state index is 13.1. The monoisotopic (exact) mass is 275 g/mol. The van der Waals surface area contributed by atoms with E-state index in [-0.39, 0.29) is 18.7 Å². The molecule has 5 heteroatoms. The first kappa shape index (κ1) is 14.3. The normalized spacial score (nSPS) is 28.4. The minimum absolute atomic E-state index is 0.0648. The van der Waals surface area contributed by atoms with Crippen LogP contribution in [0.3, 0.4) is 0 Å². The third-order valence-electron chi connectivity index (χ3n) is 3.89. The molecule has 19 heavy (non-hydrogen) atoms. The van der Waals surface area contributed by atoms with E-state index in [0.717, 1.165) is 5.56 Å². The van der Waals surface area contributed by atoms with Crippen LogP contribution in [0.1, 0.15) is 31.2 Å². The SMILES string of the molecule is NC1(Cc2cccc(F)c2)CCC(C(F)(F)F)CC1. The van der Waals surface area contributed by atoms with E-state index < -0.39 is 17.6 Å². The fraction of sp³-hybridized carbons (Fsp3) is 0.571. The van der Waals surface area contributed by atoms with E-state index in [9.17, 15) is 17.6 Å². The van der Waals surface area contributed by atoms with Crippen molar-refractivity contribution < 1.29 is 17.6 Å². The second kappa shape index (κ2) is 5.12. The van der Waals surface area contributed by atoms with E-state index in [1.807, 2.05) is 0 Å². The van der Waals surface area contributed by atoms with E-state index in [4.69, 9.17) is 5.73 Å². The van der Waals surface area contributed by atoms with Gasteiger partial charge in [-0.25, -0.2) is 4.39 Å². The zero-order valence-electron chi connectivity index (χ0n) is 10.5. The number of hydrogen-bond acceptors (Lipinski definition) is 1. The van der Waals surface area contributed by atoms with Crippen LogP contribution in [0.2, 0.25) is 0 Å². The number of alkyl halides is 3. The molecule has 0 bridgehead atoms. The molecule has 1 aromatic carbocycles. The van der Waals surface area contributed by atoms with Crippen molar-refractivity contribution in [2.24, 2.45) is 11.7 Å². The van der Waals surface area contributed by atoms with Crippen molar-refractivity contribution in [2.45, 2.75) is 43.8 Å². The Hall–Kier alpha value is -1.10. The van der Waals surface area contributed by atoms with Crippen LogP contribution < -0.4 is 5.73 Å². The van der Waals surface area contributed by atoms with Crippen molar-refractivity contribution in [1.82, 2.24) is 0 Å². The molecular weight excluding hydrogens is 258 g/mol. The zero-order valence-corrected chi connectivity index (χ0v) is 10.5. The average molecular weight is 275 g/mol. The predicted octanol–water partition coefficient (Wildman–Crippen LogP) is 3.82. The molecule has 0 aliphatic heterocycles. The Morgan fingerprint density at radius 3 is 2.37 bits per heavy atom. The van der Waals surface area contributed by atoms with Crippen molar-refractivity contribution in [3.05, 3.63) is 35.6 Å². The first-order valence-corrected chi connectivity index (χ1v) is 6.39. The Morgan fingerprint density at radius 1 is 1.21 bits per heavy atom. The second-order valence-corrected chi connectivity index (χ2v) is 5.48. The highest BCUT2D eigenvalue weighted by molar-refractivity contribution is 5.19. The first-order valence-electron chi connectivity index (χ1n) is 6.39. The Kier molecular flexibility index (Phi) is 3.85. The second-order valence-electron chi connectivity index (χ2n) is 5.48. The fourth-order valence-corrected chi connectivity index (χ4v) is 2.75. The van der Waals surface area contributed by atoms with Gasteiger partial charge in [-0.05, 0) is 49.8 Å². The van der Waals surface area contributed by atoms with Crippen LogP contribution in [0.25, 0.3) is 0 Å². The average Bonchev–Trinajstić information content (AvgIpc) is 2.27. The van der Waals surface area contributed by atoms with Gasteiger partial charge < -0.3 is 5.73 Å². The molecule has 0 aromatic heterocycles. The minimum Gasteiger partial charge on any atom is -0.325 e. The molecule has 0 saturated heterocycles. The molecule has 1 aromatic rings. The van der Waals surface area contributed by atoms with Gasteiger partial charge in [-0.2, -0.15) is 13.2 Å². The summed E-state index contributed by atoms with van der Waals surface area (Å²) < 4.78 is 50.8. The number of nitrogens with two attached hydrogens (primary N) is 1. The van der Waals surface area contributed by atoms with Gasteiger partial charge in [-0.15, -0.1) is 0 Å². The summed E-state index contributed by atoms with van der Waals surface area (Å²) in [6, 6.07) is 6.08. The van der Waals surface area contributed by atoms with Crippen LogP contribution in [0.4, 0.5) is 17.6 Å². The third-order valence-corrected chi connectivity index (χ3v) is 3.89. The molecular formula is C14H17F4N. The van der Waals surface area contributed by atoms with Crippen LogP contribution in [0.5, 0.6) is 0 Å². The van der Waals surface area contributed by atoms with Gasteiger partial charge in [0.05, 0.1) is 5.92 Å². The molecule has 1 aliphatic carbocycles. The van der Waals surface area contributed by atoms with Crippen molar-refractivity contribution in [3.8, 4) is 0 Å². The van der Waals surface area contributed by atoms with Crippen molar-refractivity contribution >= 4 is 0 Å². The molecule has 1 aliphatic rings. The van der Waals surface area contributed by atoms with Gasteiger partial charge in [0.1, 0.15) is 5.82 Å². The summed E-state index contributed by atoms with van der Waals surface area (Å²) in [4.78, 5) is 0. The summed E-state index contributed by atoms with van der Waals surface area (Å²) in [5.41, 5.74) is 6.26. The molecule has 2 rings (SSSR count). The van der Waals surface area contributed by atoms with Crippen LogP contribution in [0, 0.1) is 11.7 Å². The molecule has 2 N–H and O–H groups in total. The Bertz CT molecular complexity index is 433. The summed E-state index contributed by atoms with van der Waals surface area (Å²) in [5, 5.41) is 0. The Morgan fingerprint density at radius 2 is 1.84 bits per heavy atom. The molecule has 0 amide bonds. The lowest BCUT2D eigenvalue weighted by molar-refractivity contribution is -0.184. The van der Waals surface area contributed by atoms with Gasteiger partial charge in [0, 0.05) is 5.54 Å². The number of rotatable bonds is 2. The summed E-state index contributed by atoms with van der Waals surface area (Å²) in [5.74, 6) is -1.58. The van der Waals surface area contributed by atoms with Gasteiger partial charge in [-0.1, -0.05) is 12.1 Å². The smallest absolute Gasteiger partial charge is 0.325 e. The predicted molar refractivity (Wildman–Crippen MR) is 65.0 cm³/mol. The molecule has 1 nitrogen and oxygen atoms in total. The summed E-state index contributed by atoms with van der Waals surface area (Å²) in [6.07, 6.45) is -2.92. The molecule has 1 fully saturated rings. The van der Waals surface area contributed by atoms with Crippen LogP contribution in [-0.4, -0.2) is 11.7 Å². The van der Waals surface area contributed by atoms with E-state index >= 15 is 0 Å². The number of halogens is 4. The number of benzene rings is 1. The lowest BCUT2D eigenvalue weighted by Crippen LogP contribution is -2.47. The van der Waals surface area contributed by atoms with Crippen LogP contribution >= 0.6 is 0 Å². The van der Waals surface area contributed by atoms with Crippen molar-refractivity contribution in [3.63, 3.8) is 0 Å². The van der Waals surface area contributed by atoms with E-state index in [2.05, 4.69) is 0 Å². The Labute approximate surface area is 109 Å². The molecule has 0 spiro atoms. The van der Waals surface area contributed by atoms with Gasteiger partial charge in [0.2, 0.25) is 0 Å². The maximum absolute atomic E-state index is 13.1. The van der Waals surface area contributed by atoms with Gasteiger partial charge in [0.25, 0.3) is 0 Å². The lowest BCUT2D eigenvalue weighted by Gasteiger charge is -2.38. The van der Waals surface area contributed by atoms with E-state index in [1.54, 1.807) is 12.1 Å². The fourth-order valence-electron chi connectivity index (χ4n) is 2.75. The highest BCUT2D eigenvalue weighted by atomic mass is 19.4. The van der Waals surface area contributed by atoms with Gasteiger partial charge in [0.15, 0.2) is 0 Å². The summed E-state index contributed by atoms with van der Waals surface area (Å²) in [7, 11) is 0. The summed E-state index contributed by atoms with van der Waals surface area (Å²) in [6.45, 7) is 0. The quantitative estimate of drug-likeness (QED) is 0.816. The molecule has 0 radical (unpaired) electrons. The highest BCUT2D eigenvalue weighted by Crippen LogP contribution is 2.41. The third kappa shape index (κ3) is 3.69. The standard InChI is InChI=1S/C14H17F4N/c15-12-3-1-2-10(8-12)9-13(19)6-4-11(5-7-13)14(16,17)18/h1-3,8,11H,4-7,9,19H2. The molecule has 0 heterocycles. The first-order chi connectivity index (χ1) is 8.78. The summed E-state index contributed by atoms with van der Waals surface area (Å²) >= 11 is 0. The molecule has 0 unspecified atom stereocenters. The van der Waals surface area contributed by atoms with Gasteiger partial charge in [-0.3, -0.25) is 0 Å². The van der Waals surface area contributed by atoms with Crippen molar-refractivity contribution in [2.75, 3.05) is 0 Å². The van der Waals surface area contributed by atoms with Gasteiger partial charge >= 0.3 is 6.18 Å². The highest BCUT2D eigenvalue weighted by Gasteiger charge is 2.44. The topological polar surface area (TPSA) is 26.0 Å². The van der Waals surface area contributed by atoms with E-state index in [1.165, 1.54) is 12.1 Å². The number of hydrogen-bond donors (Lipinski definition) is 1. The largest absolute Gasteiger partial charge is 0.391 e. The van der Waals surface area contributed by atoms with Crippen LogP contribution in [0.15, 0.2) is 24.3 Å². The minimum atomic E-state index is -4.12. The maximum Gasteiger partial charge on any atom is 0.391 e. The zero-order chi connectivity index (χ0) is 14.1. The molecule has 106 valence electrons.